The van der Waals surface area contributed by atoms with E-state index in [2.05, 4.69) is 14.2 Å². The molecule has 20 saturated carbocycles. The summed E-state index contributed by atoms with van der Waals surface area (Å²) in [6.07, 6.45) is 24.7. The molecule has 0 saturated heterocycles. The maximum atomic E-state index is 13.4. The van der Waals surface area contributed by atoms with E-state index in [1.165, 1.54) is 38.5 Å². The molecule has 0 aliphatic heterocycles. The van der Waals surface area contributed by atoms with Gasteiger partial charge in [-0.25, -0.2) is 24.0 Å². The van der Waals surface area contributed by atoms with Gasteiger partial charge < -0.3 is 82.4 Å². The molecule has 0 heterocycles. The van der Waals surface area contributed by atoms with Gasteiger partial charge in [-0.15, -0.1) is 0 Å². The molecule has 20 rings (SSSR count). The topological polar surface area (TPSA) is 417 Å². The highest BCUT2D eigenvalue weighted by Crippen LogP contribution is 2.65. The number of aliphatic hydroxyl groups is 5. The fraction of sp³-hybridized carbons (Fsp3) is 0.875. The number of carbonyl (C=O) groups is 12. The molecule has 0 amide bonds. The molecule has 18 bridgehead atoms. The second-order valence-corrected chi connectivity index (χ2v) is 43.4. The molecule has 29 nitrogen and oxygen atoms in total. The lowest BCUT2D eigenvalue weighted by molar-refractivity contribution is -0.209. The van der Waals surface area contributed by atoms with Crippen molar-refractivity contribution in [2.24, 2.45) is 122 Å². The minimum absolute atomic E-state index is 0.113. The highest BCUT2D eigenvalue weighted by molar-refractivity contribution is 5.82. The van der Waals surface area contributed by atoms with Gasteiger partial charge >= 0.3 is 101 Å². The third kappa shape index (κ3) is 27.9. The fourth-order valence-electron chi connectivity index (χ4n) is 26.5. The van der Waals surface area contributed by atoms with Gasteiger partial charge in [0.05, 0.1) is 39.4 Å². The predicted octanol–water partition coefficient (Wildman–Crippen LogP) is 13.0. The Morgan fingerprint density at radius 1 is 0.252 bits per heavy atom. The maximum absolute atomic E-state index is 13.4. The van der Waals surface area contributed by atoms with E-state index in [0.717, 1.165) is 154 Å². The van der Waals surface area contributed by atoms with Crippen molar-refractivity contribution in [2.75, 3.05) is 66.1 Å². The van der Waals surface area contributed by atoms with Crippen LogP contribution in [-0.2, 0) is 114 Å². The van der Waals surface area contributed by atoms with E-state index in [9.17, 15) is 127 Å². The zero-order chi connectivity index (χ0) is 98.3. The van der Waals surface area contributed by atoms with Crippen LogP contribution in [0.1, 0.15) is 266 Å². The van der Waals surface area contributed by atoms with Crippen LogP contribution >= 0.6 is 0 Å². The number of halogens is 10. The molecule has 5 N–H and O–H groups in total. The van der Waals surface area contributed by atoms with Gasteiger partial charge in [0, 0.05) is 34.6 Å². The van der Waals surface area contributed by atoms with Crippen LogP contribution in [0, 0.1) is 122 Å². The first-order valence-corrected chi connectivity index (χ1v) is 48.7. The Hall–Kier alpha value is -7.26. The van der Waals surface area contributed by atoms with Crippen molar-refractivity contribution >= 4 is 71.6 Å². The number of fused-ring (bicyclic) bond motifs is 2. The van der Waals surface area contributed by atoms with Crippen molar-refractivity contribution in [3.63, 3.8) is 0 Å². The lowest BCUT2D eigenvalue weighted by Gasteiger charge is -2.57. The van der Waals surface area contributed by atoms with Crippen LogP contribution in [0.15, 0.2) is 0 Å². The Morgan fingerprint density at radius 2 is 0.474 bits per heavy atom. The Labute approximate surface area is 778 Å². The van der Waals surface area contributed by atoms with Crippen LogP contribution in [0.2, 0.25) is 0 Å². The van der Waals surface area contributed by atoms with E-state index in [1.54, 1.807) is 0 Å². The van der Waals surface area contributed by atoms with Crippen molar-refractivity contribution in [3.8, 4) is 0 Å². The summed E-state index contributed by atoms with van der Waals surface area (Å²) in [4.78, 5) is 143. The van der Waals surface area contributed by atoms with Gasteiger partial charge in [-0.3, -0.25) is 33.6 Å². The summed E-state index contributed by atoms with van der Waals surface area (Å²) in [5, 5.41) is 49.2. The summed E-state index contributed by atoms with van der Waals surface area (Å²) >= 11 is 0. The number of alkyl halides is 10. The Balaban J connectivity index is 0.000000155. The zero-order valence-corrected chi connectivity index (χ0v) is 77.7. The van der Waals surface area contributed by atoms with Crippen LogP contribution in [0.3, 0.4) is 0 Å². The predicted molar refractivity (Wildman–Crippen MR) is 448 cm³/mol. The molecule has 0 spiro atoms. The van der Waals surface area contributed by atoms with Crippen molar-refractivity contribution in [3.05, 3.63) is 0 Å². The molecule has 0 aromatic carbocycles. The number of hydrogen-bond donors (Lipinski definition) is 5. The van der Waals surface area contributed by atoms with Crippen molar-refractivity contribution in [1.29, 1.82) is 0 Å². The highest BCUT2D eigenvalue weighted by Gasteiger charge is 2.64. The molecule has 39 heteroatoms. The third-order valence-corrected chi connectivity index (χ3v) is 31.5. The fourth-order valence-corrected chi connectivity index (χ4v) is 26.5. The first-order chi connectivity index (χ1) is 63.3. The van der Waals surface area contributed by atoms with Crippen LogP contribution in [0.25, 0.3) is 0 Å². The monoisotopic (exact) mass is 1940 g/mol. The van der Waals surface area contributed by atoms with Gasteiger partial charge in [0.25, 0.3) is 0 Å². The summed E-state index contributed by atoms with van der Waals surface area (Å²) in [5.41, 5.74) is -2.29. The van der Waals surface area contributed by atoms with Crippen LogP contribution in [0.4, 0.5) is 43.9 Å². The Kier molecular flexibility index (Phi) is 35.0. The lowest BCUT2D eigenvalue weighted by Crippen LogP contribution is -2.58. The van der Waals surface area contributed by atoms with E-state index in [1.807, 2.05) is 0 Å². The molecule has 0 radical (unpaired) electrons. The lowest BCUT2D eigenvalue weighted by atomic mass is 9.48. The summed E-state index contributed by atoms with van der Waals surface area (Å²) in [6, 6.07) is 0. The standard InChI is InChI=1S/C28H38F2O7.C24H34F2O7.C17H24F2O5.C14H20F2O5.C13H20F2O5/c1-26(29,30)23(32)37-22-19-5-18-6-20(22)12-28(10-18,11-19)25(34)36-14-21(31)13-35-24(33)27-7-15-2-16(8-27)4-17(3-15)9-27;1-23(25,26)21(29)33-19-16-7-14-8-17(19)11-24(9-14,10-16)22(30)32-13-18(27)12-31-20(28)15-5-3-2-4-6-15;1-16(18,19)14(21)23-8-13(20)9-24-15(22)17-5-10-2-11(6-17)4-12(3-10)7-17;1-14(15,16)13(19)21-7-10(17)6-20-12(18)11-5-8-2-3-9(11)4-8;1-13(14,15)12(18)20-8-10(16)7-19-11(17)9-5-3-2-4-6-9/h15-22,31H,2-14H2,1H3;14-19,27H,2-13H2,1H3;10-13,20H,2-9H2,1H3;8-11,17H,2-7H2,1H3;9-10,16H,2-8H2,1H3. The van der Waals surface area contributed by atoms with E-state index >= 15 is 0 Å². The van der Waals surface area contributed by atoms with Crippen LogP contribution in [0.5, 0.6) is 0 Å². The number of carbonyl (C=O) groups excluding carboxylic acids is 12. The van der Waals surface area contributed by atoms with Crippen LogP contribution < -0.4 is 0 Å². The van der Waals surface area contributed by atoms with E-state index in [4.69, 9.17) is 42.6 Å². The first kappa shape index (κ1) is 107. The quantitative estimate of drug-likeness (QED) is 0.0227. The van der Waals surface area contributed by atoms with Gasteiger partial charge in [0.1, 0.15) is 109 Å². The maximum Gasteiger partial charge on any atom is 0.376 e. The molecule has 12 unspecified atom stereocenters. The number of rotatable bonds is 34. The average Bonchev–Trinajstić information content (AvgIpc) is 1.40. The number of hydrogen-bond acceptors (Lipinski definition) is 29. The van der Waals surface area contributed by atoms with E-state index in [0.29, 0.717) is 120 Å². The van der Waals surface area contributed by atoms with Crippen molar-refractivity contribution < 1.29 is 184 Å². The van der Waals surface area contributed by atoms with Gasteiger partial charge in [-0.1, -0.05) is 44.9 Å². The molecule has 135 heavy (non-hydrogen) atoms. The minimum Gasteiger partial charge on any atom is -0.463 e. The SMILES string of the molecule is CC(F)(F)C(=O)OC1C2CC3CC1CC(C(=O)OCC(O)COC(=O)C14CC5CC(CC(C5)C1)C4)(C3)C2.CC(F)(F)C(=O)OC1C2CC3CC1CC(C(=O)OCC(O)COC(=O)C1CCCCC1)(C3)C2.CC(F)(F)C(=O)OCC(O)COC(=O)C12CC3CC(CC(C3)C1)C2.CC(F)(F)C(=O)OCC(O)COC(=O)C1CC2CCC1C2.CC(F)(F)C(=O)OCC(O)COC(=O)C1CCCCC1. The van der Waals surface area contributed by atoms with Crippen molar-refractivity contribution in [2.45, 2.75) is 338 Å². The second-order valence-electron chi connectivity index (χ2n) is 43.4. The average molecular weight is 1940 g/mol. The molecule has 20 aliphatic carbocycles. The third-order valence-electron chi connectivity index (χ3n) is 31.5. The highest BCUT2D eigenvalue weighted by atomic mass is 19.3. The molecular weight excluding hydrogens is 1810 g/mol. The molecule has 12 atom stereocenters. The molecule has 20 aliphatic rings. The van der Waals surface area contributed by atoms with Crippen LogP contribution in [-0.4, -0.2) is 236 Å². The summed E-state index contributed by atoms with van der Waals surface area (Å²) < 4.78 is 189. The van der Waals surface area contributed by atoms with Gasteiger partial charge in [-0.2, -0.15) is 43.9 Å². The smallest absolute Gasteiger partial charge is 0.376 e. The Bertz CT molecular complexity index is 4020. The summed E-state index contributed by atoms with van der Waals surface area (Å²) in [5.74, 6) is -24.2. The molecule has 0 aromatic heterocycles. The normalized spacial score (nSPS) is 34.1. The largest absolute Gasteiger partial charge is 0.463 e. The summed E-state index contributed by atoms with van der Waals surface area (Å²) in [7, 11) is 0. The van der Waals surface area contributed by atoms with Gasteiger partial charge in [0.15, 0.2) is 0 Å². The second kappa shape index (κ2) is 44.3. The van der Waals surface area contributed by atoms with Gasteiger partial charge in [0.2, 0.25) is 0 Å². The molecular formula is C96H136F10O29. The number of ether oxygens (including phenoxy) is 12. The van der Waals surface area contributed by atoms with Crippen molar-refractivity contribution in [1.82, 2.24) is 0 Å². The minimum atomic E-state index is -3.60. The number of aliphatic hydroxyl groups excluding tert-OH is 5. The zero-order valence-electron chi connectivity index (χ0n) is 77.7. The molecule has 20 fully saturated rings. The molecule has 764 valence electrons. The Morgan fingerprint density at radius 3 is 0.711 bits per heavy atom. The van der Waals surface area contributed by atoms with E-state index < -0.39 is 162 Å². The first-order valence-electron chi connectivity index (χ1n) is 48.7. The summed E-state index contributed by atoms with van der Waals surface area (Å²) in [6.45, 7) is -1.54. The number of esters is 12. The van der Waals surface area contributed by atoms with E-state index in [-0.39, 0.29) is 123 Å². The van der Waals surface area contributed by atoms with Gasteiger partial charge in [-0.05, 0) is 269 Å². The molecule has 0 aromatic rings.